The molecule has 0 radical (unpaired) electrons. The molecule has 1 aliphatic heterocycles. The number of nitrogens with zero attached hydrogens (tertiary/aromatic N) is 1. The van der Waals surface area contributed by atoms with Gasteiger partial charge in [-0.25, -0.2) is 0 Å². The van der Waals surface area contributed by atoms with Crippen molar-refractivity contribution in [2.75, 3.05) is 6.61 Å². The largest absolute Gasteiger partial charge is 0.359 e. The Labute approximate surface area is 118 Å². The van der Waals surface area contributed by atoms with E-state index in [-0.39, 0.29) is 22.4 Å². The molecule has 0 spiro atoms. The molecule has 1 saturated heterocycles. The Balaban J connectivity index is 1.76. The first kappa shape index (κ1) is 13.5. The zero-order valence-corrected chi connectivity index (χ0v) is 11.7. The van der Waals surface area contributed by atoms with Crippen LogP contribution in [-0.2, 0) is 4.74 Å². The van der Waals surface area contributed by atoms with Gasteiger partial charge >= 0.3 is 0 Å². The van der Waals surface area contributed by atoms with Gasteiger partial charge in [0.1, 0.15) is 6.23 Å². The molecule has 1 heterocycles. The van der Waals surface area contributed by atoms with E-state index in [9.17, 15) is 10.1 Å². The van der Waals surface area contributed by atoms with Gasteiger partial charge in [0.25, 0.3) is 5.69 Å². The molecule has 0 amide bonds. The van der Waals surface area contributed by atoms with E-state index in [0.29, 0.717) is 5.92 Å². The quantitative estimate of drug-likeness (QED) is 0.665. The Morgan fingerprint density at radius 1 is 1.35 bits per heavy atom. The van der Waals surface area contributed by atoms with Crippen molar-refractivity contribution in [3.8, 4) is 0 Å². The van der Waals surface area contributed by atoms with Gasteiger partial charge in [0.05, 0.1) is 11.5 Å². The number of benzene rings is 1. The number of nitrogens with one attached hydrogen (secondary N) is 1. The van der Waals surface area contributed by atoms with Crippen molar-refractivity contribution >= 4 is 5.69 Å². The van der Waals surface area contributed by atoms with Crippen molar-refractivity contribution in [2.24, 2.45) is 5.92 Å². The van der Waals surface area contributed by atoms with Crippen LogP contribution in [0.15, 0.2) is 24.3 Å². The molecule has 108 valence electrons. The standard InChI is InChI=1S/C15H20N2O3/c1-15-9-3-2-4-12(15)10-20-14(16-15)11-5-7-13(8-6-11)17(18)19/h5-8,12,14,16H,2-4,9-10H2,1H3/t12-,14-,15-/m0/s1. The number of ether oxygens (including phenoxy) is 1. The van der Waals surface area contributed by atoms with Crippen molar-refractivity contribution < 1.29 is 9.66 Å². The number of nitro groups is 1. The molecule has 0 bridgehead atoms. The van der Waals surface area contributed by atoms with E-state index < -0.39 is 0 Å². The second kappa shape index (κ2) is 5.14. The maximum atomic E-state index is 10.7. The highest BCUT2D eigenvalue weighted by molar-refractivity contribution is 5.34. The van der Waals surface area contributed by atoms with Gasteiger partial charge < -0.3 is 4.74 Å². The lowest BCUT2D eigenvalue weighted by atomic mass is 9.73. The summed E-state index contributed by atoms with van der Waals surface area (Å²) in [4.78, 5) is 10.3. The second-order valence-electron chi connectivity index (χ2n) is 6.07. The summed E-state index contributed by atoms with van der Waals surface area (Å²) in [5.41, 5.74) is 1.20. The molecule has 1 saturated carbocycles. The van der Waals surface area contributed by atoms with E-state index in [1.807, 2.05) is 0 Å². The van der Waals surface area contributed by atoms with Crippen LogP contribution in [0.1, 0.15) is 44.4 Å². The van der Waals surface area contributed by atoms with Crippen LogP contribution in [0.3, 0.4) is 0 Å². The molecule has 20 heavy (non-hydrogen) atoms. The van der Waals surface area contributed by atoms with Crippen molar-refractivity contribution in [1.82, 2.24) is 5.32 Å². The lowest BCUT2D eigenvalue weighted by molar-refractivity contribution is -0.384. The highest BCUT2D eigenvalue weighted by Gasteiger charge is 2.42. The first-order valence-electron chi connectivity index (χ1n) is 7.22. The molecule has 3 rings (SSSR count). The summed E-state index contributed by atoms with van der Waals surface area (Å²) in [6, 6.07) is 6.63. The van der Waals surface area contributed by atoms with Crippen LogP contribution in [0.2, 0.25) is 0 Å². The summed E-state index contributed by atoms with van der Waals surface area (Å²) in [7, 11) is 0. The number of non-ortho nitro benzene ring substituents is 1. The van der Waals surface area contributed by atoms with Crippen LogP contribution in [0.25, 0.3) is 0 Å². The summed E-state index contributed by atoms with van der Waals surface area (Å²) < 4.78 is 5.92. The maximum absolute atomic E-state index is 10.7. The molecule has 0 unspecified atom stereocenters. The average molecular weight is 276 g/mol. The summed E-state index contributed by atoms with van der Waals surface area (Å²) in [5.74, 6) is 0.575. The van der Waals surface area contributed by atoms with E-state index in [4.69, 9.17) is 4.74 Å². The second-order valence-corrected chi connectivity index (χ2v) is 6.07. The molecule has 1 N–H and O–H groups in total. The van der Waals surface area contributed by atoms with E-state index >= 15 is 0 Å². The average Bonchev–Trinajstić information content (AvgIpc) is 2.46. The van der Waals surface area contributed by atoms with E-state index in [2.05, 4.69) is 12.2 Å². The number of fused-ring (bicyclic) bond motifs is 1. The van der Waals surface area contributed by atoms with Gasteiger partial charge in [-0.3, -0.25) is 15.4 Å². The first-order chi connectivity index (χ1) is 9.58. The normalized spacial score (nSPS) is 33.5. The van der Waals surface area contributed by atoms with Crippen LogP contribution in [0.4, 0.5) is 5.69 Å². The Kier molecular flexibility index (Phi) is 3.48. The predicted molar refractivity (Wildman–Crippen MR) is 75.3 cm³/mol. The fraction of sp³-hybridized carbons (Fsp3) is 0.600. The molecular weight excluding hydrogens is 256 g/mol. The first-order valence-corrected chi connectivity index (χ1v) is 7.22. The molecule has 0 aromatic heterocycles. The van der Waals surface area contributed by atoms with E-state index in [0.717, 1.165) is 12.2 Å². The predicted octanol–water partition coefficient (Wildman–Crippen LogP) is 3.16. The van der Waals surface area contributed by atoms with Crippen LogP contribution >= 0.6 is 0 Å². The zero-order chi connectivity index (χ0) is 14.2. The number of hydrogen-bond acceptors (Lipinski definition) is 4. The van der Waals surface area contributed by atoms with Gasteiger partial charge in [-0.15, -0.1) is 0 Å². The van der Waals surface area contributed by atoms with Crippen molar-refractivity contribution in [3.63, 3.8) is 0 Å². The topological polar surface area (TPSA) is 64.4 Å². The summed E-state index contributed by atoms with van der Waals surface area (Å²) in [6.45, 7) is 3.04. The minimum Gasteiger partial charge on any atom is -0.359 e. The van der Waals surface area contributed by atoms with Gasteiger partial charge in [-0.2, -0.15) is 0 Å². The van der Waals surface area contributed by atoms with Crippen LogP contribution < -0.4 is 5.32 Å². The third-order valence-electron chi connectivity index (χ3n) is 4.73. The molecule has 1 aliphatic carbocycles. The highest BCUT2D eigenvalue weighted by Crippen LogP contribution is 2.39. The van der Waals surface area contributed by atoms with Crippen LogP contribution in [0, 0.1) is 16.0 Å². The number of hydrogen-bond donors (Lipinski definition) is 1. The van der Waals surface area contributed by atoms with E-state index in [1.54, 1.807) is 12.1 Å². The SMILES string of the molecule is C[C@]12CCCC[C@H]1CO[C@@H](c1ccc([N+](=O)[O-])cc1)N2. The van der Waals surface area contributed by atoms with Crippen LogP contribution in [-0.4, -0.2) is 17.1 Å². The summed E-state index contributed by atoms with van der Waals surface area (Å²) >= 11 is 0. The molecule has 2 fully saturated rings. The Bertz CT molecular complexity index is 502. The molecule has 1 aromatic carbocycles. The number of rotatable bonds is 2. The monoisotopic (exact) mass is 276 g/mol. The fourth-order valence-corrected chi connectivity index (χ4v) is 3.37. The molecule has 1 aromatic rings. The third-order valence-corrected chi connectivity index (χ3v) is 4.73. The molecule has 3 atom stereocenters. The lowest BCUT2D eigenvalue weighted by Crippen LogP contribution is -2.57. The molecule has 5 nitrogen and oxygen atoms in total. The summed E-state index contributed by atoms with van der Waals surface area (Å²) in [6.07, 6.45) is 4.77. The van der Waals surface area contributed by atoms with Gasteiger partial charge in [0.2, 0.25) is 0 Å². The fourth-order valence-electron chi connectivity index (χ4n) is 3.37. The maximum Gasteiger partial charge on any atom is 0.269 e. The lowest BCUT2D eigenvalue weighted by Gasteiger charge is -2.48. The summed E-state index contributed by atoms with van der Waals surface area (Å²) in [5, 5.41) is 14.3. The highest BCUT2D eigenvalue weighted by atomic mass is 16.6. The minimum atomic E-state index is -0.378. The smallest absolute Gasteiger partial charge is 0.269 e. The molecule has 2 aliphatic rings. The third kappa shape index (κ3) is 2.43. The van der Waals surface area contributed by atoms with Crippen LogP contribution in [0.5, 0.6) is 0 Å². The van der Waals surface area contributed by atoms with Gasteiger partial charge in [-0.05, 0) is 37.5 Å². The Morgan fingerprint density at radius 2 is 2.10 bits per heavy atom. The van der Waals surface area contributed by atoms with Crippen molar-refractivity contribution in [3.05, 3.63) is 39.9 Å². The molecular formula is C15H20N2O3. The van der Waals surface area contributed by atoms with Gasteiger partial charge in [0.15, 0.2) is 0 Å². The van der Waals surface area contributed by atoms with Gasteiger partial charge in [0, 0.05) is 23.6 Å². The zero-order valence-electron chi connectivity index (χ0n) is 11.7. The van der Waals surface area contributed by atoms with Gasteiger partial charge in [-0.1, -0.05) is 12.8 Å². The van der Waals surface area contributed by atoms with E-state index in [1.165, 1.54) is 37.8 Å². The Morgan fingerprint density at radius 3 is 2.80 bits per heavy atom. The molecule has 5 heteroatoms. The minimum absolute atomic E-state index is 0.117. The number of nitro benzene ring substituents is 1. The Hall–Kier alpha value is -1.46. The van der Waals surface area contributed by atoms with Crippen molar-refractivity contribution in [2.45, 2.75) is 44.4 Å². The van der Waals surface area contributed by atoms with Crippen molar-refractivity contribution in [1.29, 1.82) is 0 Å².